The quantitative estimate of drug-likeness (QED) is 0.804. The maximum absolute atomic E-state index is 12.4. The standard InChI is InChI=1S/C14H16N2O3S/c1-4-20-14(19)15(9(2)3)16-12(17)10-7-5-6-8-11(10)13(16)18/h5-9H,4H2,1-3H3. The van der Waals surface area contributed by atoms with E-state index < -0.39 is 11.8 Å². The molecule has 0 saturated carbocycles. The highest BCUT2D eigenvalue weighted by molar-refractivity contribution is 8.13. The number of carbonyl (C=O) groups excluding carboxylic acids is 3. The maximum atomic E-state index is 12.4. The summed E-state index contributed by atoms with van der Waals surface area (Å²) in [4.78, 5) is 36.9. The minimum atomic E-state index is -0.440. The lowest BCUT2D eigenvalue weighted by atomic mass is 10.1. The van der Waals surface area contributed by atoms with Crippen LogP contribution in [0.15, 0.2) is 24.3 Å². The summed E-state index contributed by atoms with van der Waals surface area (Å²) in [7, 11) is 0. The Hall–Kier alpha value is -1.82. The van der Waals surface area contributed by atoms with Crippen molar-refractivity contribution in [3.05, 3.63) is 35.4 Å². The average Bonchev–Trinajstić information content (AvgIpc) is 2.65. The van der Waals surface area contributed by atoms with Gasteiger partial charge in [-0.25, -0.2) is 5.01 Å². The van der Waals surface area contributed by atoms with Gasteiger partial charge in [0.2, 0.25) is 0 Å². The van der Waals surface area contributed by atoms with Gasteiger partial charge in [-0.15, -0.1) is 0 Å². The zero-order chi connectivity index (χ0) is 14.9. The van der Waals surface area contributed by atoms with Gasteiger partial charge in [0.1, 0.15) is 0 Å². The number of fused-ring (bicyclic) bond motifs is 1. The largest absolute Gasteiger partial charge is 0.300 e. The summed E-state index contributed by atoms with van der Waals surface area (Å²) < 4.78 is 0. The van der Waals surface area contributed by atoms with Crippen molar-refractivity contribution < 1.29 is 14.4 Å². The van der Waals surface area contributed by atoms with Crippen LogP contribution in [-0.2, 0) is 0 Å². The van der Waals surface area contributed by atoms with Crippen LogP contribution < -0.4 is 0 Å². The van der Waals surface area contributed by atoms with Crippen LogP contribution in [0.3, 0.4) is 0 Å². The van der Waals surface area contributed by atoms with Gasteiger partial charge in [0, 0.05) is 6.04 Å². The van der Waals surface area contributed by atoms with E-state index >= 15 is 0 Å². The second kappa shape index (κ2) is 5.66. The SMILES string of the molecule is CCSC(=O)N(C(C)C)N1C(=O)c2ccccc2C1=O. The first-order valence-corrected chi connectivity index (χ1v) is 7.41. The molecule has 0 spiro atoms. The summed E-state index contributed by atoms with van der Waals surface area (Å²) >= 11 is 1.08. The number of thioether (sulfide) groups is 1. The zero-order valence-corrected chi connectivity index (χ0v) is 12.4. The van der Waals surface area contributed by atoms with Gasteiger partial charge in [0.25, 0.3) is 11.8 Å². The summed E-state index contributed by atoms with van der Waals surface area (Å²) in [5.41, 5.74) is 0.690. The lowest BCUT2D eigenvalue weighted by Crippen LogP contribution is -2.51. The van der Waals surface area contributed by atoms with E-state index in [4.69, 9.17) is 0 Å². The molecule has 1 aliphatic heterocycles. The van der Waals surface area contributed by atoms with Crippen LogP contribution in [0.1, 0.15) is 41.5 Å². The highest BCUT2D eigenvalue weighted by atomic mass is 32.2. The molecule has 1 aliphatic rings. The predicted molar refractivity (Wildman–Crippen MR) is 77.4 cm³/mol. The van der Waals surface area contributed by atoms with E-state index in [1.54, 1.807) is 38.1 Å². The van der Waals surface area contributed by atoms with Crippen molar-refractivity contribution in [2.24, 2.45) is 0 Å². The molecule has 3 amide bonds. The monoisotopic (exact) mass is 292 g/mol. The van der Waals surface area contributed by atoms with Gasteiger partial charge >= 0.3 is 5.24 Å². The highest BCUT2D eigenvalue weighted by Gasteiger charge is 2.42. The Labute approximate surface area is 121 Å². The van der Waals surface area contributed by atoms with Crippen molar-refractivity contribution in [3.8, 4) is 0 Å². The molecule has 0 N–H and O–H groups in total. The number of hydrogen-bond donors (Lipinski definition) is 0. The Kier molecular flexibility index (Phi) is 4.13. The molecule has 1 aromatic rings. The number of hydrogen-bond acceptors (Lipinski definition) is 4. The molecule has 106 valence electrons. The Bertz CT molecular complexity index is 536. The molecule has 2 rings (SSSR count). The van der Waals surface area contributed by atoms with E-state index in [1.807, 2.05) is 6.92 Å². The highest BCUT2D eigenvalue weighted by Crippen LogP contribution is 2.27. The van der Waals surface area contributed by atoms with Crippen LogP contribution in [0.25, 0.3) is 0 Å². The normalized spacial score (nSPS) is 13.9. The minimum Gasteiger partial charge on any atom is -0.267 e. The van der Waals surface area contributed by atoms with Gasteiger partial charge in [-0.1, -0.05) is 30.8 Å². The summed E-state index contributed by atoms with van der Waals surface area (Å²) in [6.07, 6.45) is 0. The number of benzene rings is 1. The number of hydrazine groups is 1. The van der Waals surface area contributed by atoms with Crippen molar-refractivity contribution in [1.29, 1.82) is 0 Å². The van der Waals surface area contributed by atoms with Crippen LogP contribution in [0.2, 0.25) is 0 Å². The van der Waals surface area contributed by atoms with Crippen molar-refractivity contribution in [2.45, 2.75) is 26.8 Å². The van der Waals surface area contributed by atoms with Crippen LogP contribution >= 0.6 is 11.8 Å². The van der Waals surface area contributed by atoms with Crippen LogP contribution in [0, 0.1) is 0 Å². The van der Waals surface area contributed by atoms with Crippen molar-refractivity contribution in [2.75, 3.05) is 5.75 Å². The van der Waals surface area contributed by atoms with E-state index in [9.17, 15) is 14.4 Å². The first kappa shape index (κ1) is 14.6. The molecule has 0 radical (unpaired) electrons. The average molecular weight is 292 g/mol. The van der Waals surface area contributed by atoms with Crippen LogP contribution in [0.4, 0.5) is 4.79 Å². The zero-order valence-electron chi connectivity index (χ0n) is 11.6. The fourth-order valence-corrected chi connectivity index (χ4v) is 2.76. The lowest BCUT2D eigenvalue weighted by Gasteiger charge is -2.32. The number of nitrogens with zero attached hydrogens (tertiary/aromatic N) is 2. The fraction of sp³-hybridized carbons (Fsp3) is 0.357. The molecular weight excluding hydrogens is 276 g/mol. The Morgan fingerprint density at radius 3 is 2.10 bits per heavy atom. The second-order valence-corrected chi connectivity index (χ2v) is 5.82. The van der Waals surface area contributed by atoms with Gasteiger partial charge < -0.3 is 0 Å². The van der Waals surface area contributed by atoms with Gasteiger partial charge in [-0.2, -0.15) is 5.01 Å². The third-order valence-corrected chi connectivity index (χ3v) is 3.65. The molecule has 0 aromatic heterocycles. The first-order valence-electron chi connectivity index (χ1n) is 6.42. The van der Waals surface area contributed by atoms with Crippen molar-refractivity contribution in [1.82, 2.24) is 10.0 Å². The molecule has 20 heavy (non-hydrogen) atoms. The van der Waals surface area contributed by atoms with Crippen LogP contribution in [0.5, 0.6) is 0 Å². The van der Waals surface area contributed by atoms with Crippen molar-refractivity contribution in [3.63, 3.8) is 0 Å². The third-order valence-electron chi connectivity index (χ3n) is 2.93. The number of rotatable bonds is 3. The molecular formula is C14H16N2O3S. The number of carbonyl (C=O) groups is 3. The first-order chi connectivity index (χ1) is 9.49. The summed E-state index contributed by atoms with van der Waals surface area (Å²) in [6.45, 7) is 5.40. The minimum absolute atomic E-state index is 0.274. The molecule has 0 saturated heterocycles. The van der Waals surface area contributed by atoms with E-state index in [0.29, 0.717) is 16.9 Å². The molecule has 6 heteroatoms. The lowest BCUT2D eigenvalue weighted by molar-refractivity contribution is 0.0131. The summed E-state index contributed by atoms with van der Waals surface area (Å²) in [5.74, 6) is -0.292. The van der Waals surface area contributed by atoms with Gasteiger partial charge in [0.15, 0.2) is 0 Å². The number of amides is 3. The molecule has 1 heterocycles. The third kappa shape index (κ3) is 2.31. The Balaban J connectivity index is 2.40. The topological polar surface area (TPSA) is 57.7 Å². The van der Waals surface area contributed by atoms with E-state index in [2.05, 4.69) is 0 Å². The molecule has 0 unspecified atom stereocenters. The van der Waals surface area contributed by atoms with E-state index in [-0.39, 0.29) is 11.3 Å². The molecule has 5 nitrogen and oxygen atoms in total. The molecule has 0 aliphatic carbocycles. The molecule has 1 aromatic carbocycles. The smallest absolute Gasteiger partial charge is 0.267 e. The Morgan fingerprint density at radius 1 is 1.20 bits per heavy atom. The summed E-state index contributed by atoms with van der Waals surface area (Å²) in [5, 5.41) is 1.90. The van der Waals surface area contributed by atoms with E-state index in [0.717, 1.165) is 16.8 Å². The van der Waals surface area contributed by atoms with Gasteiger partial charge in [-0.05, 0) is 31.7 Å². The van der Waals surface area contributed by atoms with Gasteiger partial charge in [0.05, 0.1) is 11.1 Å². The molecule has 0 fully saturated rings. The maximum Gasteiger partial charge on any atom is 0.300 e. The van der Waals surface area contributed by atoms with Crippen LogP contribution in [-0.4, -0.2) is 38.9 Å². The van der Waals surface area contributed by atoms with Gasteiger partial charge in [-0.3, -0.25) is 14.4 Å². The summed E-state index contributed by atoms with van der Waals surface area (Å²) in [6, 6.07) is 6.34. The van der Waals surface area contributed by atoms with E-state index in [1.165, 1.54) is 5.01 Å². The predicted octanol–water partition coefficient (Wildman–Crippen LogP) is 2.78. The second-order valence-electron chi connectivity index (χ2n) is 4.60. The molecule has 0 bridgehead atoms. The fourth-order valence-electron chi connectivity index (χ4n) is 2.09. The number of imide groups is 1. The Morgan fingerprint density at radius 2 is 1.70 bits per heavy atom. The molecule has 0 atom stereocenters. The van der Waals surface area contributed by atoms with Crippen molar-refractivity contribution >= 4 is 28.8 Å².